The molecular formula is C15H15F2NO2S. The van der Waals surface area contributed by atoms with Crippen molar-refractivity contribution in [2.75, 3.05) is 6.54 Å². The summed E-state index contributed by atoms with van der Waals surface area (Å²) in [5.74, 6) is -1.91. The zero-order valence-corrected chi connectivity index (χ0v) is 12.0. The standard InChI is InChI=1S/C15H15F2NO2S/c16-12-6-7-15(13(17)10-12)21(19,20)14(8-9-18)11-4-2-1-3-5-11/h1-7,10,14H,8-9,18H2. The summed E-state index contributed by atoms with van der Waals surface area (Å²) < 4.78 is 52.0. The Morgan fingerprint density at radius 2 is 1.71 bits per heavy atom. The maximum absolute atomic E-state index is 13.8. The van der Waals surface area contributed by atoms with Crippen LogP contribution in [0.4, 0.5) is 8.78 Å². The predicted molar refractivity (Wildman–Crippen MR) is 76.4 cm³/mol. The van der Waals surface area contributed by atoms with E-state index < -0.39 is 31.6 Å². The van der Waals surface area contributed by atoms with Crippen LogP contribution in [0.3, 0.4) is 0 Å². The number of hydrogen-bond acceptors (Lipinski definition) is 3. The minimum Gasteiger partial charge on any atom is -0.330 e. The van der Waals surface area contributed by atoms with Crippen LogP contribution in [0.1, 0.15) is 17.2 Å². The van der Waals surface area contributed by atoms with Crippen LogP contribution in [0.15, 0.2) is 53.4 Å². The second-order valence-corrected chi connectivity index (χ2v) is 6.70. The molecule has 1 atom stereocenters. The Morgan fingerprint density at radius 1 is 1.05 bits per heavy atom. The molecule has 0 aliphatic rings. The molecule has 2 aromatic rings. The Balaban J connectivity index is 2.53. The van der Waals surface area contributed by atoms with E-state index in [0.717, 1.165) is 12.1 Å². The van der Waals surface area contributed by atoms with Gasteiger partial charge >= 0.3 is 0 Å². The molecule has 0 aliphatic heterocycles. The van der Waals surface area contributed by atoms with Gasteiger partial charge in [0.25, 0.3) is 0 Å². The first-order chi connectivity index (χ1) is 9.96. The fourth-order valence-electron chi connectivity index (χ4n) is 2.18. The average molecular weight is 311 g/mol. The van der Waals surface area contributed by atoms with Crippen molar-refractivity contribution in [1.82, 2.24) is 0 Å². The first-order valence-corrected chi connectivity index (χ1v) is 7.95. The van der Waals surface area contributed by atoms with Gasteiger partial charge in [0.15, 0.2) is 9.84 Å². The monoisotopic (exact) mass is 311 g/mol. The highest BCUT2D eigenvalue weighted by Crippen LogP contribution is 2.32. The minimum absolute atomic E-state index is 0.140. The van der Waals surface area contributed by atoms with E-state index >= 15 is 0 Å². The highest BCUT2D eigenvalue weighted by Gasteiger charge is 2.30. The van der Waals surface area contributed by atoms with E-state index in [1.54, 1.807) is 30.3 Å². The lowest BCUT2D eigenvalue weighted by molar-refractivity contribution is 0.541. The van der Waals surface area contributed by atoms with E-state index in [1.807, 2.05) is 0 Å². The van der Waals surface area contributed by atoms with Crippen LogP contribution >= 0.6 is 0 Å². The molecule has 1 unspecified atom stereocenters. The van der Waals surface area contributed by atoms with Crippen molar-refractivity contribution < 1.29 is 17.2 Å². The average Bonchev–Trinajstić information content (AvgIpc) is 2.45. The molecule has 0 radical (unpaired) electrons. The number of sulfone groups is 1. The molecule has 112 valence electrons. The van der Waals surface area contributed by atoms with Crippen LogP contribution < -0.4 is 5.73 Å². The molecule has 2 N–H and O–H groups in total. The number of benzene rings is 2. The maximum atomic E-state index is 13.8. The van der Waals surface area contributed by atoms with Gasteiger partial charge in [0.1, 0.15) is 16.5 Å². The van der Waals surface area contributed by atoms with Crippen molar-refractivity contribution in [3.05, 3.63) is 65.7 Å². The molecular weight excluding hydrogens is 296 g/mol. The van der Waals surface area contributed by atoms with E-state index in [9.17, 15) is 17.2 Å². The topological polar surface area (TPSA) is 60.2 Å². The van der Waals surface area contributed by atoms with Gasteiger partial charge in [-0.05, 0) is 30.7 Å². The summed E-state index contributed by atoms with van der Waals surface area (Å²) in [6.07, 6.45) is 0.156. The first-order valence-electron chi connectivity index (χ1n) is 6.41. The summed E-state index contributed by atoms with van der Waals surface area (Å²) in [5.41, 5.74) is 6.02. The minimum atomic E-state index is -3.99. The van der Waals surface area contributed by atoms with Crippen molar-refractivity contribution in [3.63, 3.8) is 0 Å². The van der Waals surface area contributed by atoms with Crippen LogP contribution in [-0.2, 0) is 9.84 Å². The summed E-state index contributed by atoms with van der Waals surface area (Å²) in [5, 5.41) is -0.955. The number of nitrogens with two attached hydrogens (primary N) is 1. The summed E-state index contributed by atoms with van der Waals surface area (Å²) in [4.78, 5) is -0.508. The molecule has 0 heterocycles. The molecule has 0 fully saturated rings. The molecule has 2 aromatic carbocycles. The van der Waals surface area contributed by atoms with Gasteiger partial charge in [-0.2, -0.15) is 0 Å². The lowest BCUT2D eigenvalue weighted by Crippen LogP contribution is -2.18. The molecule has 0 aromatic heterocycles. The van der Waals surface area contributed by atoms with E-state index in [2.05, 4.69) is 0 Å². The smallest absolute Gasteiger partial charge is 0.188 e. The third-order valence-corrected chi connectivity index (χ3v) is 5.38. The lowest BCUT2D eigenvalue weighted by atomic mass is 10.1. The zero-order chi connectivity index (χ0) is 15.5. The molecule has 6 heteroatoms. The highest BCUT2D eigenvalue weighted by molar-refractivity contribution is 7.91. The van der Waals surface area contributed by atoms with Gasteiger partial charge in [-0.25, -0.2) is 17.2 Å². The van der Waals surface area contributed by atoms with Crippen molar-refractivity contribution >= 4 is 9.84 Å². The number of hydrogen-bond donors (Lipinski definition) is 1. The van der Waals surface area contributed by atoms with Crippen LogP contribution in [0.25, 0.3) is 0 Å². The molecule has 21 heavy (non-hydrogen) atoms. The van der Waals surface area contributed by atoms with Crippen LogP contribution in [0, 0.1) is 11.6 Å². The highest BCUT2D eigenvalue weighted by atomic mass is 32.2. The van der Waals surface area contributed by atoms with Gasteiger partial charge in [0, 0.05) is 6.07 Å². The third-order valence-electron chi connectivity index (χ3n) is 3.18. The predicted octanol–water partition coefficient (Wildman–Crippen LogP) is 2.83. The van der Waals surface area contributed by atoms with Gasteiger partial charge in [0.2, 0.25) is 0 Å². The van der Waals surface area contributed by atoms with Gasteiger partial charge in [-0.15, -0.1) is 0 Å². The molecule has 0 spiro atoms. The largest absolute Gasteiger partial charge is 0.330 e. The van der Waals surface area contributed by atoms with Crippen molar-refractivity contribution in [2.24, 2.45) is 5.73 Å². The molecule has 0 bridgehead atoms. The zero-order valence-electron chi connectivity index (χ0n) is 11.2. The quantitative estimate of drug-likeness (QED) is 0.864. The summed E-state index contributed by atoms with van der Waals surface area (Å²) in [7, 11) is -3.99. The molecule has 0 aliphatic carbocycles. The second-order valence-electron chi connectivity index (χ2n) is 4.60. The van der Waals surface area contributed by atoms with Gasteiger partial charge in [-0.1, -0.05) is 30.3 Å². The van der Waals surface area contributed by atoms with E-state index in [0.29, 0.717) is 11.6 Å². The fourth-order valence-corrected chi connectivity index (χ4v) is 4.04. The van der Waals surface area contributed by atoms with Crippen molar-refractivity contribution in [1.29, 1.82) is 0 Å². The van der Waals surface area contributed by atoms with Crippen LogP contribution in [0.5, 0.6) is 0 Å². The Kier molecular flexibility index (Phi) is 4.69. The second kappa shape index (κ2) is 6.32. The Hall–Kier alpha value is -1.79. The number of rotatable bonds is 5. The SMILES string of the molecule is NCCC(c1ccccc1)S(=O)(=O)c1ccc(F)cc1F. The van der Waals surface area contributed by atoms with Gasteiger partial charge in [-0.3, -0.25) is 0 Å². The molecule has 0 saturated heterocycles. The summed E-state index contributed by atoms with van der Waals surface area (Å²) >= 11 is 0. The van der Waals surface area contributed by atoms with Gasteiger partial charge < -0.3 is 5.73 Å². The summed E-state index contributed by atoms with van der Waals surface area (Å²) in [6.45, 7) is 0.140. The van der Waals surface area contributed by atoms with Crippen LogP contribution in [0.2, 0.25) is 0 Å². The molecule has 0 saturated carbocycles. The molecule has 3 nitrogen and oxygen atoms in total. The molecule has 0 amide bonds. The Bertz CT molecular complexity index is 718. The van der Waals surface area contributed by atoms with Crippen molar-refractivity contribution in [3.8, 4) is 0 Å². The summed E-state index contributed by atoms with van der Waals surface area (Å²) in [6, 6.07) is 10.9. The number of halogens is 2. The van der Waals surface area contributed by atoms with E-state index in [-0.39, 0.29) is 13.0 Å². The lowest BCUT2D eigenvalue weighted by Gasteiger charge is -2.18. The maximum Gasteiger partial charge on any atom is 0.188 e. The Labute approximate surface area is 122 Å². The van der Waals surface area contributed by atoms with E-state index in [4.69, 9.17) is 5.73 Å². The third kappa shape index (κ3) is 3.28. The fraction of sp³-hybridized carbons (Fsp3) is 0.200. The first kappa shape index (κ1) is 15.6. The molecule has 2 rings (SSSR count). The van der Waals surface area contributed by atoms with Crippen LogP contribution in [-0.4, -0.2) is 15.0 Å². The van der Waals surface area contributed by atoms with Gasteiger partial charge in [0.05, 0.1) is 5.25 Å². The normalized spacial score (nSPS) is 13.1. The van der Waals surface area contributed by atoms with E-state index in [1.165, 1.54) is 0 Å². The Morgan fingerprint density at radius 3 is 2.29 bits per heavy atom. The van der Waals surface area contributed by atoms with Crippen molar-refractivity contribution in [2.45, 2.75) is 16.6 Å².